The number of hydrogen-bond donors (Lipinski definition) is 1. The van der Waals surface area contributed by atoms with Crippen LogP contribution in [0, 0.1) is 11.3 Å². The van der Waals surface area contributed by atoms with Crippen LogP contribution < -0.4 is 0 Å². The summed E-state index contributed by atoms with van der Waals surface area (Å²) in [6.07, 6.45) is 0.345. The van der Waals surface area contributed by atoms with E-state index in [0.717, 1.165) is 13.0 Å². The minimum Gasteiger partial charge on any atom is -0.508 e. The summed E-state index contributed by atoms with van der Waals surface area (Å²) in [4.78, 5) is 97.7. The van der Waals surface area contributed by atoms with E-state index in [-0.39, 0.29) is 41.6 Å². The second-order valence-electron chi connectivity index (χ2n) is 8.54. The van der Waals surface area contributed by atoms with Gasteiger partial charge in [-0.05, 0) is 37.1 Å². The van der Waals surface area contributed by atoms with Crippen molar-refractivity contribution in [3.63, 3.8) is 0 Å². The summed E-state index contributed by atoms with van der Waals surface area (Å²) in [7, 11) is -1.37. The molecule has 14 nitrogen and oxygen atoms in total. The quantitative estimate of drug-likeness (QED) is 0.150. The van der Waals surface area contributed by atoms with Gasteiger partial charge in [-0.2, -0.15) is 5.26 Å². The SMILES string of the molecule is CCC(=O)N(OC(=O)C(C)(CC)N(PC(=O)ON1C(=O)CCC1=O)C(=O)/C(C#N)=C/c1ccc(O)cc1)C(C)=O. The summed E-state index contributed by atoms with van der Waals surface area (Å²) in [6, 6.07) is 7.12. The normalized spacial score (nSPS) is 14.9. The van der Waals surface area contributed by atoms with E-state index in [1.807, 2.05) is 0 Å². The van der Waals surface area contributed by atoms with Crippen molar-refractivity contribution in [2.24, 2.45) is 0 Å². The molecule has 0 radical (unpaired) electrons. The second kappa shape index (κ2) is 13.4. The maximum atomic E-state index is 13.6. The summed E-state index contributed by atoms with van der Waals surface area (Å²) in [5.74, 6) is -5.82. The molecule has 212 valence electrons. The maximum Gasteiger partial charge on any atom is 0.369 e. The molecule has 1 N–H and O–H groups in total. The van der Waals surface area contributed by atoms with Gasteiger partial charge >= 0.3 is 11.7 Å². The molecule has 2 atom stereocenters. The van der Waals surface area contributed by atoms with Gasteiger partial charge in [-0.25, -0.2) is 9.59 Å². The Bertz CT molecular complexity index is 1290. The number of aromatic hydroxyl groups is 1. The molecule has 1 aromatic carbocycles. The number of phenolic OH excluding ortho intramolecular Hbond substituents is 1. The standard InChI is InChI=1S/C25H27N4O10P/c1-5-19(32)27(15(3)30)38-23(36)25(4,6-2)29(40-24(37)39-28-20(33)11-12-21(28)34)22(35)17(14-26)13-16-7-9-18(31)10-8-16/h7-10,13,31,40H,5-6,11-12H2,1-4H3/b17-13+. The first-order valence-corrected chi connectivity index (χ1v) is 12.9. The Kier molecular flexibility index (Phi) is 10.6. The third kappa shape index (κ3) is 7.27. The van der Waals surface area contributed by atoms with E-state index in [1.165, 1.54) is 45.0 Å². The fraction of sp³-hybridized carbons (Fsp3) is 0.360. The molecule has 0 aromatic heterocycles. The summed E-state index contributed by atoms with van der Waals surface area (Å²) >= 11 is 0. The minimum absolute atomic E-state index is 0.0724. The third-order valence-electron chi connectivity index (χ3n) is 5.75. The van der Waals surface area contributed by atoms with Crippen molar-refractivity contribution in [1.29, 1.82) is 5.26 Å². The summed E-state index contributed by atoms with van der Waals surface area (Å²) < 4.78 is 0.660. The Morgan fingerprint density at radius 1 is 1.12 bits per heavy atom. The number of amides is 5. The molecule has 0 aliphatic carbocycles. The number of phenols is 1. The highest BCUT2D eigenvalue weighted by molar-refractivity contribution is 7.55. The largest absolute Gasteiger partial charge is 0.508 e. The molecular formula is C25H27N4O10P. The van der Waals surface area contributed by atoms with Crippen molar-refractivity contribution in [2.45, 2.75) is 58.9 Å². The van der Waals surface area contributed by atoms with Crippen molar-refractivity contribution in [3.8, 4) is 11.8 Å². The van der Waals surface area contributed by atoms with Crippen LogP contribution in [-0.4, -0.2) is 66.7 Å². The fourth-order valence-electron chi connectivity index (χ4n) is 3.26. The molecule has 1 saturated heterocycles. The smallest absolute Gasteiger partial charge is 0.369 e. The van der Waals surface area contributed by atoms with Crippen molar-refractivity contribution in [2.75, 3.05) is 0 Å². The Balaban J connectivity index is 2.53. The molecule has 2 unspecified atom stereocenters. The van der Waals surface area contributed by atoms with Gasteiger partial charge in [0, 0.05) is 26.2 Å². The van der Waals surface area contributed by atoms with E-state index in [9.17, 15) is 43.9 Å². The number of nitrogens with zero attached hydrogens (tertiary/aromatic N) is 4. The summed E-state index contributed by atoms with van der Waals surface area (Å²) in [6.45, 7) is 5.03. The molecule has 1 aliphatic rings. The highest BCUT2D eigenvalue weighted by Crippen LogP contribution is 2.37. The van der Waals surface area contributed by atoms with Gasteiger partial charge in [0.25, 0.3) is 29.5 Å². The monoisotopic (exact) mass is 574 g/mol. The van der Waals surface area contributed by atoms with E-state index in [0.29, 0.717) is 10.2 Å². The summed E-state index contributed by atoms with van der Waals surface area (Å²) in [5, 5.41) is 19.7. The Labute approximate surface area is 230 Å². The first kappa shape index (κ1) is 31.6. The van der Waals surface area contributed by atoms with Crippen LogP contribution in [0.15, 0.2) is 29.8 Å². The number of carbonyl (C=O) groups excluding carboxylic acids is 7. The van der Waals surface area contributed by atoms with Crippen LogP contribution in [0.25, 0.3) is 6.08 Å². The van der Waals surface area contributed by atoms with Crippen LogP contribution in [0.3, 0.4) is 0 Å². The highest BCUT2D eigenvalue weighted by Gasteiger charge is 2.47. The van der Waals surface area contributed by atoms with Crippen molar-refractivity contribution in [3.05, 3.63) is 35.4 Å². The molecule has 1 heterocycles. The van der Waals surface area contributed by atoms with Gasteiger partial charge in [-0.1, -0.05) is 26.0 Å². The molecule has 15 heteroatoms. The molecule has 0 saturated carbocycles. The molecular weight excluding hydrogens is 547 g/mol. The van der Waals surface area contributed by atoms with Gasteiger partial charge in [0.15, 0.2) is 0 Å². The molecule has 1 aromatic rings. The predicted molar refractivity (Wildman–Crippen MR) is 137 cm³/mol. The molecule has 40 heavy (non-hydrogen) atoms. The molecule has 0 spiro atoms. The second-order valence-corrected chi connectivity index (χ2v) is 9.62. The van der Waals surface area contributed by atoms with Crippen molar-refractivity contribution < 1.29 is 48.3 Å². The van der Waals surface area contributed by atoms with Crippen LogP contribution >= 0.6 is 8.73 Å². The zero-order valence-electron chi connectivity index (χ0n) is 22.1. The number of carbonyl (C=O) groups is 7. The van der Waals surface area contributed by atoms with Gasteiger partial charge < -0.3 is 14.8 Å². The number of hydroxylamine groups is 4. The van der Waals surface area contributed by atoms with Crippen LogP contribution in [0.2, 0.25) is 0 Å². The number of benzene rings is 1. The number of rotatable bonds is 9. The molecule has 1 aliphatic heterocycles. The lowest BCUT2D eigenvalue weighted by atomic mass is 9.98. The molecule has 0 bridgehead atoms. The minimum atomic E-state index is -2.06. The lowest BCUT2D eigenvalue weighted by molar-refractivity contribution is -0.207. The van der Waals surface area contributed by atoms with E-state index in [2.05, 4.69) is 0 Å². The van der Waals surface area contributed by atoms with Gasteiger partial charge in [-0.15, -0.1) is 10.1 Å². The first-order valence-electron chi connectivity index (χ1n) is 11.9. The zero-order valence-corrected chi connectivity index (χ0v) is 23.1. The Hall–Kier alpha value is -4.63. The van der Waals surface area contributed by atoms with E-state index in [1.54, 1.807) is 6.07 Å². The maximum absolute atomic E-state index is 13.6. The lowest BCUT2D eigenvalue weighted by Gasteiger charge is -2.37. The Morgan fingerprint density at radius 2 is 1.70 bits per heavy atom. The molecule has 5 amide bonds. The highest BCUT2D eigenvalue weighted by atomic mass is 31.1. The van der Waals surface area contributed by atoms with Crippen molar-refractivity contribution >= 4 is 56.0 Å². The van der Waals surface area contributed by atoms with E-state index < -0.39 is 61.1 Å². The first-order chi connectivity index (χ1) is 18.8. The molecule has 1 fully saturated rings. The summed E-state index contributed by atoms with van der Waals surface area (Å²) in [5.41, 5.74) is -3.54. The third-order valence-corrected chi connectivity index (χ3v) is 6.95. The number of hydrogen-bond acceptors (Lipinski definition) is 11. The van der Waals surface area contributed by atoms with Gasteiger partial charge in [0.1, 0.15) is 31.7 Å². The topological polar surface area (TPSA) is 192 Å². The fourth-order valence-corrected chi connectivity index (χ4v) is 4.29. The number of nitriles is 1. The van der Waals surface area contributed by atoms with Crippen LogP contribution in [0.1, 0.15) is 58.9 Å². The van der Waals surface area contributed by atoms with Crippen molar-refractivity contribution in [1.82, 2.24) is 14.8 Å². The predicted octanol–water partition coefficient (Wildman–Crippen LogP) is 2.33. The van der Waals surface area contributed by atoms with Gasteiger partial charge in [0.2, 0.25) is 0 Å². The van der Waals surface area contributed by atoms with E-state index >= 15 is 0 Å². The van der Waals surface area contributed by atoms with Crippen LogP contribution in [0.4, 0.5) is 4.79 Å². The van der Waals surface area contributed by atoms with Crippen LogP contribution in [0.5, 0.6) is 5.75 Å². The lowest BCUT2D eigenvalue weighted by Crippen LogP contribution is -2.54. The van der Waals surface area contributed by atoms with E-state index in [4.69, 9.17) is 9.68 Å². The van der Waals surface area contributed by atoms with Crippen LogP contribution in [-0.2, 0) is 38.4 Å². The Morgan fingerprint density at radius 3 is 2.17 bits per heavy atom. The average molecular weight is 574 g/mol. The van der Waals surface area contributed by atoms with Gasteiger partial charge in [0.05, 0.1) is 0 Å². The molecule has 2 rings (SSSR count). The van der Waals surface area contributed by atoms with Gasteiger partial charge in [-0.3, -0.25) is 28.6 Å². The average Bonchev–Trinajstić information content (AvgIpc) is 3.24. The zero-order chi connectivity index (χ0) is 30.2. The number of imide groups is 2.